The third kappa shape index (κ3) is 7.34. The van der Waals surface area contributed by atoms with E-state index in [2.05, 4.69) is 15.6 Å². The largest absolute Gasteiger partial charge is 0.334 e. The number of aromatic nitrogens is 1. The molecule has 1 aliphatic rings. The highest BCUT2D eigenvalue weighted by Crippen LogP contribution is 2.20. The van der Waals surface area contributed by atoms with Crippen LogP contribution in [0, 0.1) is 5.92 Å². The maximum Gasteiger partial charge on any atom is 0.319 e. The lowest BCUT2D eigenvalue weighted by molar-refractivity contribution is -0.121. The molecule has 0 bridgehead atoms. The zero-order chi connectivity index (χ0) is 23.8. The number of nitrogens with zero attached hydrogens (tertiary/aromatic N) is 3. The molecule has 0 atom stereocenters. The third-order valence-corrected chi connectivity index (χ3v) is 7.21. The van der Waals surface area contributed by atoms with Crippen molar-refractivity contribution >= 4 is 27.5 Å². The molecule has 0 spiro atoms. The molecule has 0 unspecified atom stereocenters. The van der Waals surface area contributed by atoms with E-state index in [0.717, 1.165) is 5.56 Å². The molecule has 1 saturated heterocycles. The summed E-state index contributed by atoms with van der Waals surface area (Å²) >= 11 is 0. The number of amides is 2. The summed E-state index contributed by atoms with van der Waals surface area (Å²) in [4.78, 5) is 30.3. The Kier molecular flexibility index (Phi) is 8.54. The maximum absolute atomic E-state index is 13.0. The van der Waals surface area contributed by atoms with Crippen LogP contribution in [0.25, 0.3) is 0 Å². The van der Waals surface area contributed by atoms with Gasteiger partial charge in [-0.2, -0.15) is 4.31 Å². The Morgan fingerprint density at radius 3 is 2.36 bits per heavy atom. The molecule has 1 aromatic heterocycles. The number of anilines is 1. The van der Waals surface area contributed by atoms with E-state index in [1.54, 1.807) is 30.6 Å². The van der Waals surface area contributed by atoms with E-state index in [4.69, 9.17) is 0 Å². The molecule has 3 rings (SSSR count). The number of urea groups is 1. The number of Topliss-reactive ketones (excluding diaryl/α,β-unsaturated/α-hetero) is 1. The normalized spacial score (nSPS) is 15.4. The second-order valence-corrected chi connectivity index (χ2v) is 10.4. The molecule has 1 fully saturated rings. The Bertz CT molecular complexity index is 1030. The second kappa shape index (κ2) is 11.4. The van der Waals surface area contributed by atoms with Crippen molar-refractivity contribution in [1.82, 2.24) is 19.5 Å². The number of benzene rings is 1. The number of hydrogen-bond donors (Lipinski definition) is 2. The number of pyridine rings is 1. The fourth-order valence-electron chi connectivity index (χ4n) is 3.62. The zero-order valence-electron chi connectivity index (χ0n) is 19.0. The Balaban J connectivity index is 1.50. The van der Waals surface area contributed by atoms with Crippen LogP contribution in [-0.4, -0.2) is 67.1 Å². The summed E-state index contributed by atoms with van der Waals surface area (Å²) < 4.78 is 27.4. The van der Waals surface area contributed by atoms with Crippen molar-refractivity contribution in [2.75, 3.05) is 38.0 Å². The monoisotopic (exact) mass is 473 g/mol. The van der Waals surface area contributed by atoms with Crippen LogP contribution in [0.3, 0.4) is 0 Å². The SMILES string of the molecule is CC(C)CC(=O)CN1CCN(S(=O)(=O)c2ccc(NC(=O)NCc3cccnc3)cc2)CC1. The third-order valence-electron chi connectivity index (χ3n) is 5.29. The topological polar surface area (TPSA) is 112 Å². The minimum absolute atomic E-state index is 0.174. The standard InChI is InChI=1S/C23H31N5O4S/c1-18(2)14-21(29)17-27-10-12-28(13-11-27)33(31,32)22-7-5-20(6-8-22)26-23(30)25-16-19-4-3-9-24-15-19/h3-9,15,18H,10-14,16-17H2,1-2H3,(H2,25,26,30). The molecule has 0 saturated carbocycles. The maximum atomic E-state index is 13.0. The first-order valence-electron chi connectivity index (χ1n) is 11.0. The average Bonchev–Trinajstić information content (AvgIpc) is 2.78. The number of piperazine rings is 1. The van der Waals surface area contributed by atoms with Gasteiger partial charge in [-0.3, -0.25) is 14.7 Å². The second-order valence-electron chi connectivity index (χ2n) is 8.51. The van der Waals surface area contributed by atoms with Gasteiger partial charge in [0.05, 0.1) is 11.4 Å². The van der Waals surface area contributed by atoms with E-state index in [0.29, 0.717) is 57.3 Å². The number of carbonyl (C=O) groups excluding carboxylic acids is 2. The lowest BCUT2D eigenvalue weighted by atomic mass is 10.1. The molecule has 2 N–H and O–H groups in total. The fourth-order valence-corrected chi connectivity index (χ4v) is 5.04. The molecule has 0 aliphatic carbocycles. The predicted octanol–water partition coefficient (Wildman–Crippen LogP) is 2.32. The molecule has 10 heteroatoms. The van der Waals surface area contributed by atoms with Crippen LogP contribution >= 0.6 is 0 Å². The number of sulfonamides is 1. The van der Waals surface area contributed by atoms with Crippen molar-refractivity contribution in [3.8, 4) is 0 Å². The van der Waals surface area contributed by atoms with Crippen molar-refractivity contribution in [2.45, 2.75) is 31.7 Å². The van der Waals surface area contributed by atoms with Crippen LogP contribution < -0.4 is 10.6 Å². The van der Waals surface area contributed by atoms with E-state index in [1.165, 1.54) is 16.4 Å². The smallest absolute Gasteiger partial charge is 0.319 e. The van der Waals surface area contributed by atoms with Crippen molar-refractivity contribution < 1.29 is 18.0 Å². The molecule has 1 aliphatic heterocycles. The summed E-state index contributed by atoms with van der Waals surface area (Å²) in [6.07, 6.45) is 3.87. The van der Waals surface area contributed by atoms with Gasteiger partial charge in [-0.15, -0.1) is 0 Å². The van der Waals surface area contributed by atoms with Crippen molar-refractivity contribution in [1.29, 1.82) is 0 Å². The minimum Gasteiger partial charge on any atom is -0.334 e. The van der Waals surface area contributed by atoms with E-state index in [1.807, 2.05) is 24.8 Å². The van der Waals surface area contributed by atoms with Gasteiger partial charge in [-0.1, -0.05) is 19.9 Å². The highest BCUT2D eigenvalue weighted by molar-refractivity contribution is 7.89. The van der Waals surface area contributed by atoms with Gasteiger partial charge in [0.25, 0.3) is 0 Å². The Labute approximate surface area is 195 Å². The molecule has 2 amide bonds. The van der Waals surface area contributed by atoms with Gasteiger partial charge in [0.1, 0.15) is 5.78 Å². The highest BCUT2D eigenvalue weighted by atomic mass is 32.2. The summed E-state index contributed by atoms with van der Waals surface area (Å²) in [5.41, 5.74) is 1.37. The lowest BCUT2D eigenvalue weighted by Gasteiger charge is -2.33. The molecule has 2 aromatic rings. The lowest BCUT2D eigenvalue weighted by Crippen LogP contribution is -2.49. The van der Waals surface area contributed by atoms with E-state index in [9.17, 15) is 18.0 Å². The van der Waals surface area contributed by atoms with Gasteiger partial charge >= 0.3 is 6.03 Å². The van der Waals surface area contributed by atoms with Gasteiger partial charge in [0, 0.05) is 57.2 Å². The van der Waals surface area contributed by atoms with Crippen molar-refractivity contribution in [3.63, 3.8) is 0 Å². The van der Waals surface area contributed by atoms with E-state index in [-0.39, 0.29) is 10.7 Å². The van der Waals surface area contributed by atoms with Crippen molar-refractivity contribution in [2.24, 2.45) is 5.92 Å². The molecule has 9 nitrogen and oxygen atoms in total. The van der Waals surface area contributed by atoms with Crippen LogP contribution in [0.2, 0.25) is 0 Å². The van der Waals surface area contributed by atoms with E-state index < -0.39 is 16.1 Å². The molecular formula is C23H31N5O4S. The van der Waals surface area contributed by atoms with Gasteiger partial charge in [0.2, 0.25) is 10.0 Å². The first-order chi connectivity index (χ1) is 15.7. The molecule has 0 radical (unpaired) electrons. The van der Waals surface area contributed by atoms with Crippen LogP contribution in [-0.2, 0) is 21.4 Å². The van der Waals surface area contributed by atoms with Crippen LogP contribution in [0.1, 0.15) is 25.8 Å². The van der Waals surface area contributed by atoms with Crippen LogP contribution in [0.4, 0.5) is 10.5 Å². The van der Waals surface area contributed by atoms with Crippen LogP contribution in [0.5, 0.6) is 0 Å². The first kappa shape index (κ1) is 24.8. The number of ketones is 1. The summed E-state index contributed by atoms with van der Waals surface area (Å²) in [5.74, 6) is 0.512. The molecule has 178 valence electrons. The number of nitrogens with one attached hydrogen (secondary N) is 2. The quantitative estimate of drug-likeness (QED) is 0.578. The van der Waals surface area contributed by atoms with Gasteiger partial charge in [-0.25, -0.2) is 13.2 Å². The fraction of sp³-hybridized carbons (Fsp3) is 0.435. The number of hydrogen-bond acceptors (Lipinski definition) is 6. The number of carbonyl (C=O) groups is 2. The minimum atomic E-state index is -3.64. The Morgan fingerprint density at radius 1 is 1.06 bits per heavy atom. The Hall–Kier alpha value is -2.82. The molecular weight excluding hydrogens is 442 g/mol. The highest BCUT2D eigenvalue weighted by Gasteiger charge is 2.29. The summed E-state index contributed by atoms with van der Waals surface area (Å²) in [6.45, 7) is 6.47. The summed E-state index contributed by atoms with van der Waals surface area (Å²) in [6, 6.07) is 9.37. The molecule has 1 aromatic carbocycles. The van der Waals surface area contributed by atoms with Crippen molar-refractivity contribution in [3.05, 3.63) is 54.4 Å². The van der Waals surface area contributed by atoms with E-state index >= 15 is 0 Å². The predicted molar refractivity (Wildman–Crippen MR) is 126 cm³/mol. The summed E-state index contributed by atoms with van der Waals surface area (Å²) in [7, 11) is -3.64. The zero-order valence-corrected chi connectivity index (χ0v) is 19.8. The first-order valence-corrected chi connectivity index (χ1v) is 12.5. The molecule has 2 heterocycles. The van der Waals surface area contributed by atoms with Gasteiger partial charge in [-0.05, 0) is 41.8 Å². The Morgan fingerprint density at radius 2 is 1.76 bits per heavy atom. The number of rotatable bonds is 9. The van der Waals surface area contributed by atoms with Gasteiger partial charge < -0.3 is 10.6 Å². The summed E-state index contributed by atoms with van der Waals surface area (Å²) in [5, 5.41) is 5.42. The average molecular weight is 474 g/mol. The van der Waals surface area contributed by atoms with Crippen LogP contribution in [0.15, 0.2) is 53.7 Å². The van der Waals surface area contributed by atoms with Gasteiger partial charge in [0.15, 0.2) is 0 Å². The molecule has 33 heavy (non-hydrogen) atoms.